The van der Waals surface area contributed by atoms with Gasteiger partial charge in [0, 0.05) is 10.9 Å². The number of rotatable bonds is 3. The van der Waals surface area contributed by atoms with Crippen LogP contribution in [0.2, 0.25) is 0 Å². The molecule has 19 heavy (non-hydrogen) atoms. The molecule has 4 heteroatoms. The minimum atomic E-state index is -3.45. The normalized spacial score (nSPS) is 17.6. The number of benzene rings is 2. The Morgan fingerprint density at radius 1 is 1.05 bits per heavy atom. The number of hydrogen-bond acceptors (Lipinski definition) is 2. The highest BCUT2D eigenvalue weighted by atomic mass is 32.2. The smallest absolute Gasteiger partial charge is 0.207 e. The van der Waals surface area contributed by atoms with Crippen molar-refractivity contribution in [3.05, 3.63) is 42.0 Å². The van der Waals surface area contributed by atoms with E-state index in [0.717, 1.165) is 29.2 Å². The van der Waals surface area contributed by atoms with E-state index in [1.165, 1.54) is 0 Å². The minimum Gasteiger partial charge on any atom is -0.207 e. The van der Waals surface area contributed by atoms with Gasteiger partial charge in [-0.05, 0) is 43.7 Å². The van der Waals surface area contributed by atoms with E-state index in [9.17, 15) is 8.42 Å². The van der Waals surface area contributed by atoms with E-state index in [0.29, 0.717) is 4.90 Å². The van der Waals surface area contributed by atoms with Crippen molar-refractivity contribution in [2.45, 2.75) is 37.1 Å². The van der Waals surface area contributed by atoms with Gasteiger partial charge in [0.25, 0.3) is 0 Å². The van der Waals surface area contributed by atoms with Crippen LogP contribution in [0.25, 0.3) is 10.8 Å². The van der Waals surface area contributed by atoms with Crippen LogP contribution in [0.1, 0.15) is 25.3 Å². The SMILES string of the molecule is Cc1ccc(S(=O)(=O)NC2(C)CC2)c2ccccc12. The van der Waals surface area contributed by atoms with Crippen molar-refractivity contribution in [1.29, 1.82) is 0 Å². The van der Waals surface area contributed by atoms with E-state index in [1.54, 1.807) is 6.07 Å². The van der Waals surface area contributed by atoms with Gasteiger partial charge in [0.15, 0.2) is 0 Å². The van der Waals surface area contributed by atoms with Gasteiger partial charge in [-0.2, -0.15) is 0 Å². The van der Waals surface area contributed by atoms with Crippen LogP contribution in [0.15, 0.2) is 41.3 Å². The molecule has 0 aromatic heterocycles. The summed E-state index contributed by atoms with van der Waals surface area (Å²) in [5.41, 5.74) is 0.845. The highest BCUT2D eigenvalue weighted by Crippen LogP contribution is 2.37. The van der Waals surface area contributed by atoms with Gasteiger partial charge in [-0.1, -0.05) is 30.3 Å². The maximum absolute atomic E-state index is 12.5. The first-order chi connectivity index (χ1) is 8.91. The van der Waals surface area contributed by atoms with Crippen molar-refractivity contribution in [1.82, 2.24) is 4.72 Å². The van der Waals surface area contributed by atoms with Gasteiger partial charge in [0.1, 0.15) is 0 Å². The molecule has 0 unspecified atom stereocenters. The van der Waals surface area contributed by atoms with E-state index in [1.807, 2.05) is 44.2 Å². The fourth-order valence-electron chi connectivity index (χ4n) is 2.33. The maximum Gasteiger partial charge on any atom is 0.241 e. The molecule has 0 spiro atoms. The topological polar surface area (TPSA) is 46.2 Å². The number of nitrogens with one attached hydrogen (secondary N) is 1. The van der Waals surface area contributed by atoms with E-state index >= 15 is 0 Å². The molecule has 0 aliphatic heterocycles. The lowest BCUT2D eigenvalue weighted by Gasteiger charge is -2.14. The molecule has 0 saturated heterocycles. The third kappa shape index (κ3) is 2.26. The van der Waals surface area contributed by atoms with Crippen molar-refractivity contribution in [2.24, 2.45) is 0 Å². The summed E-state index contributed by atoms with van der Waals surface area (Å²) in [4.78, 5) is 0.377. The first kappa shape index (κ1) is 12.6. The Kier molecular flexibility index (Phi) is 2.69. The van der Waals surface area contributed by atoms with Gasteiger partial charge in [-0.3, -0.25) is 0 Å². The Bertz CT molecular complexity index is 746. The van der Waals surface area contributed by atoms with Crippen LogP contribution < -0.4 is 4.72 Å². The van der Waals surface area contributed by atoms with Crippen LogP contribution in [0.5, 0.6) is 0 Å². The predicted octanol–water partition coefficient (Wildman–Crippen LogP) is 2.98. The van der Waals surface area contributed by atoms with Crippen LogP contribution in [0.3, 0.4) is 0 Å². The molecule has 0 amide bonds. The first-order valence-corrected chi connectivity index (χ1v) is 7.92. The van der Waals surface area contributed by atoms with Gasteiger partial charge < -0.3 is 0 Å². The maximum atomic E-state index is 12.5. The Morgan fingerprint density at radius 3 is 2.32 bits per heavy atom. The van der Waals surface area contributed by atoms with Gasteiger partial charge in [-0.15, -0.1) is 0 Å². The molecule has 2 aromatic carbocycles. The van der Waals surface area contributed by atoms with Crippen LogP contribution >= 0.6 is 0 Å². The number of sulfonamides is 1. The minimum absolute atomic E-state index is 0.245. The van der Waals surface area contributed by atoms with Crippen molar-refractivity contribution in [2.75, 3.05) is 0 Å². The third-order valence-corrected chi connectivity index (χ3v) is 5.47. The first-order valence-electron chi connectivity index (χ1n) is 6.44. The summed E-state index contributed by atoms with van der Waals surface area (Å²) in [6.45, 7) is 3.94. The van der Waals surface area contributed by atoms with Gasteiger partial charge in [-0.25, -0.2) is 13.1 Å². The van der Waals surface area contributed by atoms with Gasteiger partial charge >= 0.3 is 0 Å². The van der Waals surface area contributed by atoms with Gasteiger partial charge in [0.05, 0.1) is 4.90 Å². The summed E-state index contributed by atoms with van der Waals surface area (Å²) >= 11 is 0. The lowest BCUT2D eigenvalue weighted by atomic mass is 10.1. The Hall–Kier alpha value is -1.39. The Balaban J connectivity index is 2.18. The fraction of sp³-hybridized carbons (Fsp3) is 0.333. The molecule has 1 aliphatic rings. The van der Waals surface area contributed by atoms with E-state index < -0.39 is 10.0 Å². The molecule has 0 heterocycles. The molecule has 0 radical (unpaired) electrons. The summed E-state index contributed by atoms with van der Waals surface area (Å²) in [7, 11) is -3.45. The standard InChI is InChI=1S/C15H17NO2S/c1-11-7-8-14(13-6-4-3-5-12(11)13)19(17,18)16-15(2)9-10-15/h3-8,16H,9-10H2,1-2H3. The van der Waals surface area contributed by atoms with E-state index in [2.05, 4.69) is 4.72 Å². The Labute approximate surface area is 113 Å². The molecular weight excluding hydrogens is 258 g/mol. The number of aryl methyl sites for hydroxylation is 1. The van der Waals surface area contributed by atoms with E-state index in [-0.39, 0.29) is 5.54 Å². The quantitative estimate of drug-likeness (QED) is 0.936. The van der Waals surface area contributed by atoms with Crippen LogP contribution in [0, 0.1) is 6.92 Å². The molecule has 100 valence electrons. The zero-order valence-electron chi connectivity index (χ0n) is 11.1. The molecule has 3 rings (SSSR count). The highest BCUT2D eigenvalue weighted by molar-refractivity contribution is 7.89. The fourth-order valence-corrected chi connectivity index (χ4v) is 4.00. The number of hydrogen-bond donors (Lipinski definition) is 1. The zero-order chi connectivity index (χ0) is 13.7. The molecular formula is C15H17NO2S. The molecule has 0 bridgehead atoms. The lowest BCUT2D eigenvalue weighted by Crippen LogP contribution is -2.34. The highest BCUT2D eigenvalue weighted by Gasteiger charge is 2.41. The van der Waals surface area contributed by atoms with Crippen LogP contribution in [-0.4, -0.2) is 14.0 Å². The summed E-state index contributed by atoms with van der Waals surface area (Å²) in [6.07, 6.45) is 1.83. The largest absolute Gasteiger partial charge is 0.241 e. The second-order valence-electron chi connectivity index (χ2n) is 5.59. The molecule has 2 aromatic rings. The second kappa shape index (κ2) is 4.05. The second-order valence-corrected chi connectivity index (χ2v) is 7.24. The van der Waals surface area contributed by atoms with Crippen LogP contribution in [0.4, 0.5) is 0 Å². The number of fused-ring (bicyclic) bond motifs is 1. The Morgan fingerprint density at radius 2 is 1.68 bits per heavy atom. The zero-order valence-corrected chi connectivity index (χ0v) is 11.9. The molecule has 1 aliphatic carbocycles. The lowest BCUT2D eigenvalue weighted by molar-refractivity contribution is 0.559. The average molecular weight is 275 g/mol. The molecule has 1 fully saturated rings. The summed E-state index contributed by atoms with van der Waals surface area (Å²) in [6, 6.07) is 11.2. The predicted molar refractivity (Wildman–Crippen MR) is 76.6 cm³/mol. The molecule has 1 saturated carbocycles. The molecule has 3 nitrogen and oxygen atoms in total. The van der Waals surface area contributed by atoms with Crippen molar-refractivity contribution < 1.29 is 8.42 Å². The van der Waals surface area contributed by atoms with Gasteiger partial charge in [0.2, 0.25) is 10.0 Å². The third-order valence-electron chi connectivity index (χ3n) is 3.77. The molecule has 0 atom stereocenters. The summed E-state index contributed by atoms with van der Waals surface area (Å²) in [5.74, 6) is 0. The summed E-state index contributed by atoms with van der Waals surface area (Å²) in [5, 5.41) is 1.78. The van der Waals surface area contributed by atoms with E-state index in [4.69, 9.17) is 0 Å². The monoisotopic (exact) mass is 275 g/mol. The van der Waals surface area contributed by atoms with Crippen molar-refractivity contribution in [3.8, 4) is 0 Å². The molecule has 1 N–H and O–H groups in total. The average Bonchev–Trinajstić information content (AvgIpc) is 3.06. The van der Waals surface area contributed by atoms with Crippen molar-refractivity contribution in [3.63, 3.8) is 0 Å². The summed E-state index contributed by atoms with van der Waals surface area (Å²) < 4.78 is 27.8. The van der Waals surface area contributed by atoms with Crippen molar-refractivity contribution >= 4 is 20.8 Å². The van der Waals surface area contributed by atoms with Crippen LogP contribution in [-0.2, 0) is 10.0 Å².